The maximum Gasteiger partial charge on any atom is 0.416 e. The summed E-state index contributed by atoms with van der Waals surface area (Å²) in [6.07, 6.45) is -4.65. The van der Waals surface area contributed by atoms with E-state index in [2.05, 4.69) is 20.9 Å². The van der Waals surface area contributed by atoms with E-state index in [4.69, 9.17) is 0 Å². The lowest BCUT2D eigenvalue weighted by molar-refractivity contribution is -0.138. The van der Waals surface area contributed by atoms with Crippen LogP contribution in [0.15, 0.2) is 47.5 Å². The average Bonchev–Trinajstić information content (AvgIpc) is 2.70. The Hall–Kier alpha value is -2.37. The van der Waals surface area contributed by atoms with Crippen molar-refractivity contribution in [1.29, 1.82) is 0 Å². The van der Waals surface area contributed by atoms with E-state index in [1.807, 2.05) is 13.8 Å². The molecule has 1 amide bonds. The van der Waals surface area contributed by atoms with Crippen molar-refractivity contribution in [2.45, 2.75) is 33.1 Å². The summed E-state index contributed by atoms with van der Waals surface area (Å²) in [7, 11) is 0. The lowest BCUT2D eigenvalue weighted by atomic mass is 10.1. The zero-order valence-electron chi connectivity index (χ0n) is 17.1. The van der Waals surface area contributed by atoms with Crippen LogP contribution in [-0.2, 0) is 19.3 Å². The van der Waals surface area contributed by atoms with Gasteiger partial charge in [0.05, 0.1) is 12.1 Å². The molecule has 0 fully saturated rings. The first-order chi connectivity index (χ1) is 14.2. The van der Waals surface area contributed by atoms with Gasteiger partial charge in [-0.1, -0.05) is 18.2 Å². The largest absolute Gasteiger partial charge is 0.416 e. The number of amides is 1. The Morgan fingerprint density at radius 2 is 1.61 bits per heavy atom. The van der Waals surface area contributed by atoms with Crippen LogP contribution in [0.25, 0.3) is 0 Å². The number of nitrogens with one attached hydrogen (secondary N) is 3. The third-order valence-electron chi connectivity index (χ3n) is 4.14. The maximum absolute atomic E-state index is 13.2. The fourth-order valence-electron chi connectivity index (χ4n) is 2.68. The van der Waals surface area contributed by atoms with Crippen LogP contribution < -0.4 is 16.0 Å². The zero-order chi connectivity index (χ0) is 22.1. The Labute approximate surface area is 195 Å². The Morgan fingerprint density at radius 3 is 2.19 bits per heavy atom. The molecule has 2 aromatic carbocycles. The second kappa shape index (κ2) is 12.5. The molecule has 0 heterocycles. The van der Waals surface area contributed by atoms with Crippen molar-refractivity contribution in [3.05, 3.63) is 70.5 Å². The molecule has 10 heteroatoms. The predicted octanol–water partition coefficient (Wildman–Crippen LogP) is 4.47. The Balaban J connectivity index is 0.00000480. The van der Waals surface area contributed by atoms with Gasteiger partial charge in [-0.3, -0.25) is 4.79 Å². The minimum Gasteiger partial charge on any atom is -0.357 e. The van der Waals surface area contributed by atoms with E-state index in [1.54, 1.807) is 24.3 Å². The van der Waals surface area contributed by atoms with E-state index in [1.165, 1.54) is 0 Å². The molecular formula is C21H25F4IN4O. The first kappa shape index (κ1) is 26.7. The molecule has 0 spiro atoms. The summed E-state index contributed by atoms with van der Waals surface area (Å²) in [4.78, 5) is 16.1. The number of hydrogen-bond donors (Lipinski definition) is 3. The molecule has 5 nitrogen and oxygen atoms in total. The Kier molecular flexibility index (Phi) is 10.7. The number of benzene rings is 2. The summed E-state index contributed by atoms with van der Waals surface area (Å²) in [5.74, 6) is -0.784. The van der Waals surface area contributed by atoms with Crippen molar-refractivity contribution in [3.63, 3.8) is 0 Å². The van der Waals surface area contributed by atoms with Crippen molar-refractivity contribution < 1.29 is 22.4 Å². The fourth-order valence-corrected chi connectivity index (χ4v) is 2.68. The van der Waals surface area contributed by atoms with Crippen LogP contribution in [0, 0.1) is 5.82 Å². The van der Waals surface area contributed by atoms with Gasteiger partial charge in [0.1, 0.15) is 5.82 Å². The molecule has 0 saturated carbocycles. The molecule has 2 aromatic rings. The highest BCUT2D eigenvalue weighted by Crippen LogP contribution is 2.32. The van der Waals surface area contributed by atoms with Gasteiger partial charge in [-0.2, -0.15) is 13.2 Å². The van der Waals surface area contributed by atoms with E-state index < -0.39 is 17.6 Å². The monoisotopic (exact) mass is 552 g/mol. The number of nitrogens with zero attached hydrogens (tertiary/aromatic N) is 1. The van der Waals surface area contributed by atoms with Gasteiger partial charge in [0.25, 0.3) is 5.91 Å². The summed E-state index contributed by atoms with van der Waals surface area (Å²) >= 11 is 0. The minimum absolute atomic E-state index is 0. The van der Waals surface area contributed by atoms with E-state index in [9.17, 15) is 22.4 Å². The molecule has 0 unspecified atom stereocenters. The van der Waals surface area contributed by atoms with Gasteiger partial charge >= 0.3 is 6.18 Å². The number of carbonyl (C=O) groups excluding carboxylic acids is 1. The van der Waals surface area contributed by atoms with Crippen molar-refractivity contribution in [3.8, 4) is 0 Å². The summed E-state index contributed by atoms with van der Waals surface area (Å²) in [5.41, 5.74) is 0.260. The molecule has 0 aliphatic carbocycles. The molecule has 0 aliphatic heterocycles. The third kappa shape index (κ3) is 8.35. The van der Waals surface area contributed by atoms with E-state index in [-0.39, 0.29) is 48.5 Å². The lowest BCUT2D eigenvalue weighted by Gasteiger charge is -2.16. The molecule has 0 radical (unpaired) electrons. The van der Waals surface area contributed by atoms with Crippen LogP contribution in [0.3, 0.4) is 0 Å². The summed E-state index contributed by atoms with van der Waals surface area (Å²) < 4.78 is 52.7. The molecule has 0 aliphatic rings. The summed E-state index contributed by atoms with van der Waals surface area (Å²) in [5, 5.41) is 8.51. The van der Waals surface area contributed by atoms with Gasteiger partial charge in [0.2, 0.25) is 0 Å². The number of halogens is 5. The number of carbonyl (C=O) groups is 1. The molecule has 0 aromatic heterocycles. The van der Waals surface area contributed by atoms with Gasteiger partial charge in [0, 0.05) is 25.2 Å². The second-order valence-electron chi connectivity index (χ2n) is 6.40. The summed E-state index contributed by atoms with van der Waals surface area (Å²) in [6.45, 7) is 4.80. The first-order valence-corrected chi connectivity index (χ1v) is 9.49. The number of alkyl halides is 3. The van der Waals surface area contributed by atoms with Crippen molar-refractivity contribution >= 4 is 35.8 Å². The third-order valence-corrected chi connectivity index (χ3v) is 4.14. The highest BCUT2D eigenvalue weighted by atomic mass is 127. The maximum atomic E-state index is 13.2. The molecule has 2 rings (SSSR count). The molecule has 0 atom stereocenters. The summed E-state index contributed by atoms with van der Waals surface area (Å²) in [6, 6.07) is 9.48. The second-order valence-corrected chi connectivity index (χ2v) is 6.40. The zero-order valence-corrected chi connectivity index (χ0v) is 19.5. The molecule has 0 saturated heterocycles. The smallest absolute Gasteiger partial charge is 0.357 e. The van der Waals surface area contributed by atoms with Crippen molar-refractivity contribution in [2.24, 2.45) is 4.99 Å². The standard InChI is InChI=1S/C21H24F4N4O.HI/c1-3-26-19(30)15-7-5-14(6-8-15)12-28-20(27-4-2)29-13-16-9-10-17(22)11-18(16)21(23,24)25;/h5-11H,3-4,12-13H2,1-2H3,(H,26,30)(H2,27,28,29);1H. The van der Waals surface area contributed by atoms with E-state index in [0.717, 1.165) is 17.7 Å². The van der Waals surface area contributed by atoms with Crippen LogP contribution >= 0.6 is 24.0 Å². The van der Waals surface area contributed by atoms with Gasteiger partial charge in [-0.25, -0.2) is 9.38 Å². The van der Waals surface area contributed by atoms with Crippen LogP contribution in [0.1, 0.15) is 40.9 Å². The van der Waals surface area contributed by atoms with Crippen LogP contribution in [0.2, 0.25) is 0 Å². The molecule has 31 heavy (non-hydrogen) atoms. The number of aliphatic imine (C=N–C) groups is 1. The highest BCUT2D eigenvalue weighted by Gasteiger charge is 2.33. The number of guanidine groups is 1. The molecular weight excluding hydrogens is 527 g/mol. The van der Waals surface area contributed by atoms with Gasteiger partial charge in [0.15, 0.2) is 5.96 Å². The van der Waals surface area contributed by atoms with Gasteiger partial charge in [-0.05, 0) is 49.2 Å². The van der Waals surface area contributed by atoms with Crippen LogP contribution in [-0.4, -0.2) is 25.0 Å². The van der Waals surface area contributed by atoms with Crippen LogP contribution in [0.5, 0.6) is 0 Å². The van der Waals surface area contributed by atoms with Crippen molar-refractivity contribution in [1.82, 2.24) is 16.0 Å². The number of hydrogen-bond acceptors (Lipinski definition) is 2. The van der Waals surface area contributed by atoms with Gasteiger partial charge < -0.3 is 16.0 Å². The average molecular weight is 552 g/mol. The molecule has 3 N–H and O–H groups in total. The van der Waals surface area contributed by atoms with E-state index in [0.29, 0.717) is 30.7 Å². The van der Waals surface area contributed by atoms with Crippen molar-refractivity contribution in [2.75, 3.05) is 13.1 Å². The normalized spacial score (nSPS) is 11.5. The Bertz CT molecular complexity index is 886. The molecule has 170 valence electrons. The molecule has 0 bridgehead atoms. The first-order valence-electron chi connectivity index (χ1n) is 9.49. The van der Waals surface area contributed by atoms with Crippen LogP contribution in [0.4, 0.5) is 17.6 Å². The topological polar surface area (TPSA) is 65.5 Å². The highest BCUT2D eigenvalue weighted by molar-refractivity contribution is 14.0. The SMILES string of the molecule is CCNC(=O)c1ccc(CN=C(NCC)NCc2ccc(F)cc2C(F)(F)F)cc1.I. The van der Waals surface area contributed by atoms with Gasteiger partial charge in [-0.15, -0.1) is 24.0 Å². The predicted molar refractivity (Wildman–Crippen MR) is 123 cm³/mol. The van der Waals surface area contributed by atoms with E-state index >= 15 is 0 Å². The fraction of sp³-hybridized carbons (Fsp3) is 0.333. The lowest BCUT2D eigenvalue weighted by Crippen LogP contribution is -2.37. The number of rotatable bonds is 7. The minimum atomic E-state index is -4.65. The quantitative estimate of drug-likeness (QED) is 0.206. The Morgan fingerprint density at radius 1 is 0.968 bits per heavy atom.